The van der Waals surface area contributed by atoms with Crippen LogP contribution in [-0.2, 0) is 0 Å². The lowest BCUT2D eigenvalue weighted by atomic mass is 10.3. The molecule has 14 heavy (non-hydrogen) atoms. The van der Waals surface area contributed by atoms with Crippen molar-refractivity contribution in [2.24, 2.45) is 0 Å². The fourth-order valence-electron chi connectivity index (χ4n) is 1.28. The smallest absolute Gasteiger partial charge is 0.259 e. The highest BCUT2D eigenvalue weighted by molar-refractivity contribution is 5.24. The minimum absolute atomic E-state index is 0.0220. The first-order valence-electron chi connectivity index (χ1n) is 4.39. The quantitative estimate of drug-likeness (QED) is 0.677. The number of rotatable bonds is 1. The maximum atomic E-state index is 11.7. The van der Waals surface area contributed by atoms with Crippen LogP contribution in [0, 0.1) is 6.92 Å². The SMILES string of the molecule is Cc1cccn(-c2ccccn2)c1=O. The molecule has 2 heterocycles. The topological polar surface area (TPSA) is 34.9 Å². The van der Waals surface area contributed by atoms with Crippen molar-refractivity contribution in [1.29, 1.82) is 0 Å². The van der Waals surface area contributed by atoms with E-state index >= 15 is 0 Å². The Bertz CT molecular complexity index is 488. The zero-order valence-corrected chi connectivity index (χ0v) is 7.84. The minimum Gasteiger partial charge on any atom is -0.269 e. The number of hydrogen-bond donors (Lipinski definition) is 0. The molecule has 2 aromatic rings. The van der Waals surface area contributed by atoms with Crippen molar-refractivity contribution in [3.05, 3.63) is 58.6 Å². The van der Waals surface area contributed by atoms with Gasteiger partial charge in [0.25, 0.3) is 5.56 Å². The van der Waals surface area contributed by atoms with E-state index in [4.69, 9.17) is 0 Å². The third-order valence-corrected chi connectivity index (χ3v) is 2.03. The Morgan fingerprint density at radius 3 is 2.79 bits per heavy atom. The lowest BCUT2D eigenvalue weighted by Gasteiger charge is -2.03. The third-order valence-electron chi connectivity index (χ3n) is 2.03. The van der Waals surface area contributed by atoms with Crippen molar-refractivity contribution >= 4 is 0 Å². The van der Waals surface area contributed by atoms with E-state index in [-0.39, 0.29) is 5.56 Å². The van der Waals surface area contributed by atoms with Gasteiger partial charge < -0.3 is 0 Å². The molecule has 2 rings (SSSR count). The predicted octanol–water partition coefficient (Wildman–Crippen LogP) is 1.54. The maximum Gasteiger partial charge on any atom is 0.259 e. The summed E-state index contributed by atoms with van der Waals surface area (Å²) in [7, 11) is 0. The maximum absolute atomic E-state index is 11.7. The Morgan fingerprint density at radius 1 is 1.21 bits per heavy atom. The average molecular weight is 186 g/mol. The zero-order chi connectivity index (χ0) is 9.97. The molecule has 0 spiro atoms. The molecule has 3 nitrogen and oxygen atoms in total. The van der Waals surface area contributed by atoms with Crippen molar-refractivity contribution in [3.8, 4) is 5.82 Å². The van der Waals surface area contributed by atoms with Gasteiger partial charge in [0.15, 0.2) is 0 Å². The third kappa shape index (κ3) is 1.44. The van der Waals surface area contributed by atoms with Crippen LogP contribution in [0.4, 0.5) is 0 Å². The van der Waals surface area contributed by atoms with E-state index in [1.807, 2.05) is 18.2 Å². The Labute approximate surface area is 81.7 Å². The summed E-state index contributed by atoms with van der Waals surface area (Å²) in [5.74, 6) is 0.654. The van der Waals surface area contributed by atoms with E-state index in [1.54, 1.807) is 31.5 Å². The molecule has 0 aliphatic rings. The fraction of sp³-hybridized carbons (Fsp3) is 0.0909. The monoisotopic (exact) mass is 186 g/mol. The first kappa shape index (κ1) is 8.69. The summed E-state index contributed by atoms with van der Waals surface area (Å²) < 4.78 is 1.54. The number of pyridine rings is 2. The van der Waals surface area contributed by atoms with E-state index in [0.29, 0.717) is 5.82 Å². The molecule has 0 aliphatic heterocycles. The van der Waals surface area contributed by atoms with Crippen LogP contribution >= 0.6 is 0 Å². The van der Waals surface area contributed by atoms with Crippen LogP contribution in [0.2, 0.25) is 0 Å². The molecule has 0 aromatic carbocycles. The molecule has 70 valence electrons. The lowest BCUT2D eigenvalue weighted by molar-refractivity contribution is 0.926. The van der Waals surface area contributed by atoms with Crippen LogP contribution in [-0.4, -0.2) is 9.55 Å². The van der Waals surface area contributed by atoms with Gasteiger partial charge in [-0.05, 0) is 25.1 Å². The molecular formula is C11H10N2O. The molecule has 3 heteroatoms. The van der Waals surface area contributed by atoms with Crippen LogP contribution in [0.1, 0.15) is 5.56 Å². The summed E-state index contributed by atoms with van der Waals surface area (Å²) in [5, 5.41) is 0. The molecule has 0 amide bonds. The summed E-state index contributed by atoms with van der Waals surface area (Å²) in [6.07, 6.45) is 3.39. The van der Waals surface area contributed by atoms with Gasteiger partial charge in [-0.2, -0.15) is 0 Å². The molecule has 0 fully saturated rings. The highest BCUT2D eigenvalue weighted by atomic mass is 16.1. The molecule has 0 saturated heterocycles. The van der Waals surface area contributed by atoms with E-state index in [1.165, 1.54) is 4.57 Å². The largest absolute Gasteiger partial charge is 0.269 e. The Balaban J connectivity index is 2.64. The van der Waals surface area contributed by atoms with Crippen LogP contribution < -0.4 is 5.56 Å². The average Bonchev–Trinajstić information content (AvgIpc) is 2.23. The standard InChI is InChI=1S/C11H10N2O/c1-9-5-4-8-13(11(9)14)10-6-2-3-7-12-10/h2-8H,1H3. The van der Waals surface area contributed by atoms with E-state index in [2.05, 4.69) is 4.98 Å². The molecule has 0 aliphatic carbocycles. The van der Waals surface area contributed by atoms with Crippen molar-refractivity contribution in [1.82, 2.24) is 9.55 Å². The van der Waals surface area contributed by atoms with Gasteiger partial charge in [0.2, 0.25) is 0 Å². The van der Waals surface area contributed by atoms with E-state index < -0.39 is 0 Å². The second kappa shape index (κ2) is 3.46. The van der Waals surface area contributed by atoms with Crippen molar-refractivity contribution < 1.29 is 0 Å². The number of nitrogens with zero attached hydrogens (tertiary/aromatic N) is 2. The molecule has 2 aromatic heterocycles. The first-order chi connectivity index (χ1) is 6.79. The van der Waals surface area contributed by atoms with E-state index in [9.17, 15) is 4.79 Å². The zero-order valence-electron chi connectivity index (χ0n) is 7.84. The summed E-state index contributed by atoms with van der Waals surface area (Å²) in [4.78, 5) is 15.8. The highest BCUT2D eigenvalue weighted by Crippen LogP contribution is 1.99. The molecule has 0 saturated carbocycles. The summed E-state index contributed by atoms with van der Waals surface area (Å²) in [6.45, 7) is 1.79. The van der Waals surface area contributed by atoms with E-state index in [0.717, 1.165) is 5.56 Å². The summed E-state index contributed by atoms with van der Waals surface area (Å²) in [6, 6.07) is 9.12. The van der Waals surface area contributed by atoms with Crippen LogP contribution in [0.15, 0.2) is 47.5 Å². The van der Waals surface area contributed by atoms with Gasteiger partial charge in [-0.1, -0.05) is 12.1 Å². The molecule has 0 bridgehead atoms. The fourth-order valence-corrected chi connectivity index (χ4v) is 1.28. The summed E-state index contributed by atoms with van der Waals surface area (Å²) in [5.41, 5.74) is 0.698. The normalized spacial score (nSPS) is 10.1. The molecule has 0 unspecified atom stereocenters. The number of aryl methyl sites for hydroxylation is 1. The predicted molar refractivity (Wildman–Crippen MR) is 54.6 cm³/mol. The van der Waals surface area contributed by atoms with Crippen molar-refractivity contribution in [2.45, 2.75) is 6.92 Å². The van der Waals surface area contributed by atoms with Gasteiger partial charge in [-0.3, -0.25) is 9.36 Å². The van der Waals surface area contributed by atoms with Gasteiger partial charge in [0.05, 0.1) is 0 Å². The summed E-state index contributed by atoms with van der Waals surface area (Å²) >= 11 is 0. The van der Waals surface area contributed by atoms with Gasteiger partial charge in [-0.15, -0.1) is 0 Å². The molecular weight excluding hydrogens is 176 g/mol. The van der Waals surface area contributed by atoms with Crippen LogP contribution in [0.5, 0.6) is 0 Å². The van der Waals surface area contributed by atoms with Crippen molar-refractivity contribution in [3.63, 3.8) is 0 Å². The highest BCUT2D eigenvalue weighted by Gasteiger charge is 2.00. The second-order valence-corrected chi connectivity index (χ2v) is 3.05. The Morgan fingerprint density at radius 2 is 2.07 bits per heavy atom. The van der Waals surface area contributed by atoms with Crippen LogP contribution in [0.25, 0.3) is 5.82 Å². The Hall–Kier alpha value is -1.90. The lowest BCUT2D eigenvalue weighted by Crippen LogP contribution is -2.20. The number of hydrogen-bond acceptors (Lipinski definition) is 2. The van der Waals surface area contributed by atoms with Gasteiger partial charge in [0, 0.05) is 18.0 Å². The Kier molecular flexibility index (Phi) is 2.14. The first-order valence-corrected chi connectivity index (χ1v) is 4.39. The minimum atomic E-state index is -0.0220. The van der Waals surface area contributed by atoms with Gasteiger partial charge in [-0.25, -0.2) is 4.98 Å². The molecule has 0 atom stereocenters. The van der Waals surface area contributed by atoms with Crippen molar-refractivity contribution in [2.75, 3.05) is 0 Å². The number of aromatic nitrogens is 2. The van der Waals surface area contributed by atoms with Gasteiger partial charge >= 0.3 is 0 Å². The molecule has 0 radical (unpaired) electrons. The van der Waals surface area contributed by atoms with Crippen LogP contribution in [0.3, 0.4) is 0 Å². The second-order valence-electron chi connectivity index (χ2n) is 3.05. The van der Waals surface area contributed by atoms with Gasteiger partial charge in [0.1, 0.15) is 5.82 Å². The molecule has 0 N–H and O–H groups in total.